The predicted octanol–water partition coefficient (Wildman–Crippen LogP) is 1.25. The summed E-state index contributed by atoms with van der Waals surface area (Å²) < 4.78 is 13.0. The molecule has 1 aromatic carbocycles. The molecule has 1 saturated heterocycles. The average molecular weight is 397 g/mol. The zero-order valence-electron chi connectivity index (χ0n) is 15.2. The van der Waals surface area contributed by atoms with Gasteiger partial charge in [0.05, 0.1) is 13.2 Å². The van der Waals surface area contributed by atoms with E-state index in [9.17, 15) is 9.59 Å². The van der Waals surface area contributed by atoms with Crippen LogP contribution in [-0.2, 0) is 11.3 Å². The van der Waals surface area contributed by atoms with E-state index in [-0.39, 0.29) is 29.7 Å². The highest BCUT2D eigenvalue weighted by molar-refractivity contribution is 7.99. The lowest BCUT2D eigenvalue weighted by molar-refractivity contribution is -0.0402. The smallest absolute Gasteiger partial charge is 0.267 e. The van der Waals surface area contributed by atoms with Crippen LogP contribution in [0.2, 0.25) is 0 Å². The maximum atomic E-state index is 12.9. The van der Waals surface area contributed by atoms with Crippen molar-refractivity contribution in [3.8, 4) is 18.1 Å². The Bertz CT molecular complexity index is 998. The maximum absolute atomic E-state index is 12.9. The van der Waals surface area contributed by atoms with Gasteiger partial charge in [-0.05, 0) is 18.2 Å². The lowest BCUT2D eigenvalue weighted by Gasteiger charge is -2.32. The van der Waals surface area contributed by atoms with Gasteiger partial charge in [0.25, 0.3) is 11.5 Å². The molecular formula is C20H19N3O4S. The first-order valence-electron chi connectivity index (χ1n) is 8.98. The number of benzene rings is 1. The van der Waals surface area contributed by atoms with Gasteiger partial charge in [-0.15, -0.1) is 6.42 Å². The number of rotatable bonds is 4. The molecule has 2 aliphatic rings. The Hall–Kier alpha value is -2.76. The summed E-state index contributed by atoms with van der Waals surface area (Å²) in [7, 11) is 0. The van der Waals surface area contributed by atoms with Crippen molar-refractivity contribution >= 4 is 17.7 Å². The van der Waals surface area contributed by atoms with Gasteiger partial charge in [0.1, 0.15) is 24.0 Å². The SMILES string of the molecule is C#Cc1cccc(OCC2CN(C(=O)c3cnc4n(c3=O)CCS4)CCO2)c1. The molecule has 1 aromatic heterocycles. The van der Waals surface area contributed by atoms with Gasteiger partial charge in [-0.25, -0.2) is 4.98 Å². The summed E-state index contributed by atoms with van der Waals surface area (Å²) in [6.45, 7) is 2.04. The second-order valence-corrected chi connectivity index (χ2v) is 7.55. The number of hydrogen-bond acceptors (Lipinski definition) is 6. The lowest BCUT2D eigenvalue weighted by Crippen LogP contribution is -2.49. The van der Waals surface area contributed by atoms with E-state index in [1.807, 2.05) is 18.2 Å². The number of ether oxygens (including phenoxy) is 2. The molecule has 1 unspecified atom stereocenters. The third kappa shape index (κ3) is 3.77. The van der Waals surface area contributed by atoms with Gasteiger partial charge < -0.3 is 14.4 Å². The monoisotopic (exact) mass is 397 g/mol. The molecule has 2 aromatic rings. The minimum atomic E-state index is -0.313. The number of fused-ring (bicyclic) bond motifs is 1. The zero-order valence-corrected chi connectivity index (χ0v) is 16.0. The average Bonchev–Trinajstić information content (AvgIpc) is 3.22. The summed E-state index contributed by atoms with van der Waals surface area (Å²) >= 11 is 1.52. The Morgan fingerprint density at radius 1 is 1.43 bits per heavy atom. The molecular weight excluding hydrogens is 378 g/mol. The highest BCUT2D eigenvalue weighted by Gasteiger charge is 2.28. The van der Waals surface area contributed by atoms with Crippen LogP contribution in [0.5, 0.6) is 5.75 Å². The standard InChI is InChI=1S/C20H19N3O4S/c1-2-14-4-3-5-15(10-14)27-13-16-12-22(6-8-26-16)18(24)17-11-21-20-23(19(17)25)7-9-28-20/h1,3-5,10-11,16H,6-9,12-13H2. The van der Waals surface area contributed by atoms with Crippen LogP contribution in [0, 0.1) is 12.3 Å². The van der Waals surface area contributed by atoms with Crippen molar-refractivity contribution in [1.29, 1.82) is 0 Å². The van der Waals surface area contributed by atoms with Crippen molar-refractivity contribution in [2.24, 2.45) is 0 Å². The number of carbonyl (C=O) groups excluding carboxylic acids is 1. The van der Waals surface area contributed by atoms with Crippen LogP contribution in [0.3, 0.4) is 0 Å². The van der Waals surface area contributed by atoms with Crippen molar-refractivity contribution in [3.05, 3.63) is 51.9 Å². The first-order valence-corrected chi connectivity index (χ1v) is 9.97. The molecule has 0 spiro atoms. The van der Waals surface area contributed by atoms with E-state index >= 15 is 0 Å². The summed E-state index contributed by atoms with van der Waals surface area (Å²) in [6, 6.07) is 7.25. The van der Waals surface area contributed by atoms with E-state index in [4.69, 9.17) is 15.9 Å². The normalized spacial score (nSPS) is 18.4. The quantitative estimate of drug-likeness (QED) is 0.571. The number of morpholine rings is 1. The van der Waals surface area contributed by atoms with E-state index in [0.29, 0.717) is 37.1 Å². The highest BCUT2D eigenvalue weighted by atomic mass is 32.2. The van der Waals surface area contributed by atoms with Gasteiger partial charge in [-0.2, -0.15) is 0 Å². The molecule has 2 aliphatic heterocycles. The number of terminal acetylenes is 1. The van der Waals surface area contributed by atoms with Crippen molar-refractivity contribution in [1.82, 2.24) is 14.5 Å². The van der Waals surface area contributed by atoms with E-state index in [2.05, 4.69) is 10.9 Å². The fourth-order valence-electron chi connectivity index (χ4n) is 3.20. The number of thioether (sulfide) groups is 1. The first-order chi connectivity index (χ1) is 13.7. The molecule has 0 radical (unpaired) electrons. The molecule has 28 heavy (non-hydrogen) atoms. The largest absolute Gasteiger partial charge is 0.491 e. The minimum absolute atomic E-state index is 0.106. The Labute approximate surface area is 166 Å². The molecule has 1 atom stereocenters. The molecule has 0 N–H and O–H groups in total. The van der Waals surface area contributed by atoms with E-state index < -0.39 is 0 Å². The fourth-order valence-corrected chi connectivity index (χ4v) is 4.12. The molecule has 3 heterocycles. The molecule has 8 heteroatoms. The van der Waals surface area contributed by atoms with Crippen molar-refractivity contribution in [2.75, 3.05) is 32.1 Å². The Morgan fingerprint density at radius 3 is 3.18 bits per heavy atom. The summed E-state index contributed by atoms with van der Waals surface area (Å²) in [5, 5.41) is 0.670. The predicted molar refractivity (Wildman–Crippen MR) is 105 cm³/mol. The number of carbonyl (C=O) groups is 1. The van der Waals surface area contributed by atoms with E-state index in [0.717, 1.165) is 11.3 Å². The Morgan fingerprint density at radius 2 is 2.32 bits per heavy atom. The summed E-state index contributed by atoms with van der Waals surface area (Å²) in [6.07, 6.45) is 6.51. The molecule has 144 valence electrons. The first kappa shape index (κ1) is 18.6. The van der Waals surface area contributed by atoms with Crippen molar-refractivity contribution in [2.45, 2.75) is 17.8 Å². The topological polar surface area (TPSA) is 73.7 Å². The van der Waals surface area contributed by atoms with Gasteiger partial charge in [0.2, 0.25) is 0 Å². The van der Waals surface area contributed by atoms with Crippen molar-refractivity contribution < 1.29 is 14.3 Å². The third-order valence-electron chi connectivity index (χ3n) is 4.65. The molecule has 0 aliphatic carbocycles. The van der Waals surface area contributed by atoms with E-state index in [1.165, 1.54) is 18.0 Å². The van der Waals surface area contributed by atoms with Crippen LogP contribution in [0.4, 0.5) is 0 Å². The van der Waals surface area contributed by atoms with Crippen molar-refractivity contribution in [3.63, 3.8) is 0 Å². The molecule has 1 amide bonds. The number of aromatic nitrogens is 2. The number of nitrogens with zero attached hydrogens (tertiary/aromatic N) is 3. The number of hydrogen-bond donors (Lipinski definition) is 0. The summed E-state index contributed by atoms with van der Waals surface area (Å²) in [4.78, 5) is 31.3. The van der Waals surface area contributed by atoms with Crippen LogP contribution >= 0.6 is 11.8 Å². The van der Waals surface area contributed by atoms with Gasteiger partial charge in [-0.3, -0.25) is 14.2 Å². The Kier molecular flexibility index (Phi) is 5.37. The molecule has 7 nitrogen and oxygen atoms in total. The molecule has 4 rings (SSSR count). The maximum Gasteiger partial charge on any atom is 0.267 e. The molecule has 0 bridgehead atoms. The molecule has 1 fully saturated rings. The van der Waals surface area contributed by atoms with Crippen LogP contribution in [0.15, 0.2) is 40.4 Å². The minimum Gasteiger partial charge on any atom is -0.491 e. The Balaban J connectivity index is 1.42. The fraction of sp³-hybridized carbons (Fsp3) is 0.350. The van der Waals surface area contributed by atoms with Gasteiger partial charge in [0.15, 0.2) is 5.16 Å². The highest BCUT2D eigenvalue weighted by Crippen LogP contribution is 2.21. The third-order valence-corrected chi connectivity index (χ3v) is 5.62. The zero-order chi connectivity index (χ0) is 19.5. The second-order valence-electron chi connectivity index (χ2n) is 6.49. The summed E-state index contributed by atoms with van der Waals surface area (Å²) in [5.74, 6) is 3.71. The summed E-state index contributed by atoms with van der Waals surface area (Å²) in [5.41, 5.74) is 0.571. The van der Waals surface area contributed by atoms with Gasteiger partial charge in [-0.1, -0.05) is 23.7 Å². The lowest BCUT2D eigenvalue weighted by atomic mass is 10.2. The van der Waals surface area contributed by atoms with Gasteiger partial charge >= 0.3 is 0 Å². The van der Waals surface area contributed by atoms with Gasteiger partial charge in [0, 0.05) is 30.6 Å². The van der Waals surface area contributed by atoms with Crippen LogP contribution < -0.4 is 10.3 Å². The van der Waals surface area contributed by atoms with Crippen LogP contribution in [0.25, 0.3) is 0 Å². The van der Waals surface area contributed by atoms with E-state index in [1.54, 1.807) is 15.5 Å². The number of amides is 1. The van der Waals surface area contributed by atoms with Crippen LogP contribution in [-0.4, -0.2) is 58.5 Å². The van der Waals surface area contributed by atoms with Crippen LogP contribution in [0.1, 0.15) is 15.9 Å². The second kappa shape index (κ2) is 8.09. The molecule has 0 saturated carbocycles.